The highest BCUT2D eigenvalue weighted by Gasteiger charge is 2.42. The van der Waals surface area contributed by atoms with Gasteiger partial charge in [-0.15, -0.1) is 0 Å². The van der Waals surface area contributed by atoms with E-state index in [0.29, 0.717) is 4.90 Å². The van der Waals surface area contributed by atoms with E-state index in [0.717, 1.165) is 0 Å². The molecule has 0 unspecified atom stereocenters. The third-order valence-electron chi connectivity index (χ3n) is 3.29. The van der Waals surface area contributed by atoms with Crippen molar-refractivity contribution >= 4 is 64.4 Å². The molecule has 144 valence electrons. The molecule has 1 fully saturated rings. The van der Waals surface area contributed by atoms with Crippen LogP contribution in [0.5, 0.6) is 0 Å². The van der Waals surface area contributed by atoms with Gasteiger partial charge in [-0.1, -0.05) is 34.8 Å². The van der Waals surface area contributed by atoms with E-state index in [1.807, 2.05) is 0 Å². The van der Waals surface area contributed by atoms with Crippen LogP contribution in [0.2, 0.25) is 15.1 Å². The number of rotatable bonds is 5. The van der Waals surface area contributed by atoms with Crippen LogP contribution in [0.15, 0.2) is 23.4 Å². The third kappa shape index (κ3) is 4.18. The molecule has 8 nitrogen and oxygen atoms in total. The molecule has 1 saturated heterocycles. The number of ether oxygens (including phenoxy) is 2. The monoisotopic (exact) mass is 434 g/mol. The highest BCUT2D eigenvalue weighted by molar-refractivity contribution is 6.45. The molecule has 0 aliphatic carbocycles. The number of halogens is 3. The fraction of sp³-hybridized carbons (Fsp3) is 0.250. The number of hydrogen-bond donors (Lipinski definition) is 1. The third-order valence-corrected chi connectivity index (χ3v) is 4.32. The Kier molecular flexibility index (Phi) is 6.69. The second kappa shape index (κ2) is 8.60. The van der Waals surface area contributed by atoms with Gasteiger partial charge in [0.05, 0.1) is 34.0 Å². The van der Waals surface area contributed by atoms with Crippen molar-refractivity contribution in [1.29, 1.82) is 0 Å². The summed E-state index contributed by atoms with van der Waals surface area (Å²) in [4.78, 5) is 50.0. The summed E-state index contributed by atoms with van der Waals surface area (Å²) in [6, 6.07) is 1.52. The van der Waals surface area contributed by atoms with E-state index in [9.17, 15) is 19.2 Å². The number of carbonyl (C=O) groups is 4. The molecule has 2 rings (SSSR count). The smallest absolute Gasteiger partial charge is 0.347 e. The van der Waals surface area contributed by atoms with Crippen LogP contribution >= 0.6 is 34.8 Å². The molecule has 27 heavy (non-hydrogen) atoms. The van der Waals surface area contributed by atoms with Gasteiger partial charge < -0.3 is 14.8 Å². The Hall–Kier alpha value is -2.29. The zero-order valence-electron chi connectivity index (χ0n) is 14.1. The zero-order chi connectivity index (χ0) is 20.3. The average molecular weight is 436 g/mol. The highest BCUT2D eigenvalue weighted by atomic mass is 35.5. The number of hydrogen-bond acceptors (Lipinski definition) is 6. The van der Waals surface area contributed by atoms with Crippen LogP contribution in [0.1, 0.15) is 13.8 Å². The van der Waals surface area contributed by atoms with Gasteiger partial charge in [-0.25, -0.2) is 19.3 Å². The van der Waals surface area contributed by atoms with Crippen molar-refractivity contribution in [3.05, 3.63) is 38.5 Å². The predicted molar refractivity (Wildman–Crippen MR) is 97.8 cm³/mol. The first-order valence-electron chi connectivity index (χ1n) is 7.61. The Morgan fingerprint density at radius 3 is 2.00 bits per heavy atom. The molecule has 1 aliphatic heterocycles. The number of esters is 2. The molecule has 0 spiro atoms. The molecule has 3 amide bonds. The summed E-state index contributed by atoms with van der Waals surface area (Å²) in [5.41, 5.74) is -1.38. The topological polar surface area (TPSA) is 102 Å². The molecule has 0 bridgehead atoms. The molecule has 1 N–H and O–H groups in total. The van der Waals surface area contributed by atoms with Gasteiger partial charge in [0.15, 0.2) is 5.57 Å². The number of amides is 3. The van der Waals surface area contributed by atoms with Gasteiger partial charge >= 0.3 is 18.0 Å². The summed E-state index contributed by atoms with van der Waals surface area (Å²) in [6.45, 7) is 2.92. The van der Waals surface area contributed by atoms with E-state index < -0.39 is 35.1 Å². The minimum atomic E-state index is -1.11. The number of anilines is 1. The van der Waals surface area contributed by atoms with Crippen LogP contribution in [0, 0.1) is 0 Å². The van der Waals surface area contributed by atoms with Crippen LogP contribution in [-0.4, -0.2) is 37.1 Å². The van der Waals surface area contributed by atoms with Crippen molar-refractivity contribution < 1.29 is 28.7 Å². The van der Waals surface area contributed by atoms with E-state index in [-0.39, 0.29) is 34.0 Å². The molecule has 0 saturated carbocycles. The molecular weight excluding hydrogens is 423 g/mol. The number of benzene rings is 1. The lowest BCUT2D eigenvalue weighted by atomic mass is 10.2. The van der Waals surface area contributed by atoms with E-state index in [2.05, 4.69) is 5.32 Å². The lowest BCUT2D eigenvalue weighted by molar-refractivity contribution is -0.147. The minimum absolute atomic E-state index is 0.0389. The van der Waals surface area contributed by atoms with E-state index in [1.165, 1.54) is 26.0 Å². The first-order valence-corrected chi connectivity index (χ1v) is 8.74. The summed E-state index contributed by atoms with van der Waals surface area (Å²) in [5, 5.41) is 2.30. The van der Waals surface area contributed by atoms with Crippen LogP contribution in [0.4, 0.5) is 10.5 Å². The molecule has 0 atom stereocenters. The SMILES string of the molecule is CCOC(=O)C(C(=O)OCC)=C1NC(=O)N(c2cc(Cl)c(Cl)cc2Cl)C1=O. The maximum absolute atomic E-state index is 12.8. The second-order valence-electron chi connectivity index (χ2n) is 4.98. The van der Waals surface area contributed by atoms with Gasteiger partial charge in [-0.3, -0.25) is 4.79 Å². The predicted octanol–water partition coefficient (Wildman–Crippen LogP) is 3.08. The van der Waals surface area contributed by atoms with Crippen molar-refractivity contribution in [1.82, 2.24) is 5.32 Å². The first kappa shape index (κ1) is 21.0. The van der Waals surface area contributed by atoms with E-state index in [4.69, 9.17) is 44.3 Å². The number of urea groups is 1. The van der Waals surface area contributed by atoms with Crippen LogP contribution in [0.25, 0.3) is 0 Å². The minimum Gasteiger partial charge on any atom is -0.462 e. The molecule has 1 heterocycles. The Morgan fingerprint density at radius 2 is 1.48 bits per heavy atom. The van der Waals surface area contributed by atoms with Crippen LogP contribution in [-0.2, 0) is 23.9 Å². The van der Waals surface area contributed by atoms with Crippen LogP contribution in [0.3, 0.4) is 0 Å². The number of nitrogens with zero attached hydrogens (tertiary/aromatic N) is 1. The second-order valence-corrected chi connectivity index (χ2v) is 6.20. The van der Waals surface area contributed by atoms with Crippen LogP contribution < -0.4 is 10.2 Å². The summed E-state index contributed by atoms with van der Waals surface area (Å²) in [7, 11) is 0. The average Bonchev–Trinajstić information content (AvgIpc) is 2.86. The normalized spacial score (nSPS) is 13.5. The number of nitrogens with one attached hydrogen (secondary N) is 1. The van der Waals surface area contributed by atoms with Gasteiger partial charge in [-0.05, 0) is 26.0 Å². The largest absolute Gasteiger partial charge is 0.462 e. The van der Waals surface area contributed by atoms with Gasteiger partial charge in [0.1, 0.15) is 5.70 Å². The standard InChI is InChI=1S/C16H13Cl3N2O6/c1-3-26-14(23)11(15(24)27-4-2)12-13(22)21(16(25)20-12)10-6-8(18)7(17)5-9(10)19/h5-6H,3-4H2,1-2H3,(H,20,25). The highest BCUT2D eigenvalue weighted by Crippen LogP contribution is 2.36. The summed E-state index contributed by atoms with van der Waals surface area (Å²) in [5.74, 6) is -3.22. The summed E-state index contributed by atoms with van der Waals surface area (Å²) < 4.78 is 9.57. The lowest BCUT2D eigenvalue weighted by Crippen LogP contribution is -2.31. The van der Waals surface area contributed by atoms with E-state index in [1.54, 1.807) is 0 Å². The molecule has 1 aromatic carbocycles. The van der Waals surface area contributed by atoms with Gasteiger partial charge in [-0.2, -0.15) is 0 Å². The van der Waals surface area contributed by atoms with Crippen molar-refractivity contribution in [3.63, 3.8) is 0 Å². The zero-order valence-corrected chi connectivity index (χ0v) is 16.4. The van der Waals surface area contributed by atoms with E-state index >= 15 is 0 Å². The maximum atomic E-state index is 12.8. The Morgan fingerprint density at radius 1 is 0.963 bits per heavy atom. The van der Waals surface area contributed by atoms with Crippen molar-refractivity contribution in [2.75, 3.05) is 18.1 Å². The summed E-state index contributed by atoms with van der Waals surface area (Å²) >= 11 is 17.8. The quantitative estimate of drug-likeness (QED) is 0.190. The molecule has 1 aromatic rings. The molecule has 1 aliphatic rings. The fourth-order valence-corrected chi connectivity index (χ4v) is 2.81. The molecule has 0 radical (unpaired) electrons. The Bertz CT molecular complexity index is 848. The number of imide groups is 1. The lowest BCUT2D eigenvalue weighted by Gasteiger charge is -2.14. The Balaban J connectivity index is 2.57. The van der Waals surface area contributed by atoms with Gasteiger partial charge in [0, 0.05) is 0 Å². The number of carbonyl (C=O) groups excluding carboxylic acids is 4. The van der Waals surface area contributed by atoms with Crippen molar-refractivity contribution in [3.8, 4) is 0 Å². The maximum Gasteiger partial charge on any atom is 0.347 e. The molecule has 0 aromatic heterocycles. The first-order chi connectivity index (χ1) is 12.7. The van der Waals surface area contributed by atoms with Gasteiger partial charge in [0.2, 0.25) is 0 Å². The molecule has 11 heteroatoms. The molecular formula is C16H13Cl3N2O6. The fourth-order valence-electron chi connectivity index (χ4n) is 2.19. The van der Waals surface area contributed by atoms with Crippen molar-refractivity contribution in [2.45, 2.75) is 13.8 Å². The Labute approximate surface area is 168 Å². The van der Waals surface area contributed by atoms with Crippen molar-refractivity contribution in [2.24, 2.45) is 0 Å². The summed E-state index contributed by atoms with van der Waals surface area (Å²) in [6.07, 6.45) is 0. The van der Waals surface area contributed by atoms with Gasteiger partial charge in [0.25, 0.3) is 5.91 Å².